The van der Waals surface area contributed by atoms with E-state index in [-0.39, 0.29) is 11.5 Å². The van der Waals surface area contributed by atoms with Gasteiger partial charge in [0.05, 0.1) is 6.10 Å². The Bertz CT molecular complexity index is 225. The van der Waals surface area contributed by atoms with Crippen molar-refractivity contribution in [3.05, 3.63) is 0 Å². The van der Waals surface area contributed by atoms with Crippen LogP contribution < -0.4 is 5.73 Å². The number of nitrogens with two attached hydrogens (primary N) is 1. The topological polar surface area (TPSA) is 38.5 Å². The van der Waals surface area contributed by atoms with Crippen LogP contribution in [0.4, 0.5) is 0 Å². The first kappa shape index (κ1) is 15.9. The van der Waals surface area contributed by atoms with Gasteiger partial charge in [0.15, 0.2) is 0 Å². The molecule has 0 bridgehead atoms. The van der Waals surface area contributed by atoms with E-state index in [2.05, 4.69) is 32.6 Å². The maximum absolute atomic E-state index is 6.22. The fourth-order valence-corrected chi connectivity index (χ4v) is 2.39. The Hall–Kier alpha value is -0.120. The molecule has 2 atom stereocenters. The zero-order valence-electron chi connectivity index (χ0n) is 12.7. The second-order valence-electron chi connectivity index (χ2n) is 6.70. The summed E-state index contributed by atoms with van der Waals surface area (Å²) in [5.41, 5.74) is 6.44. The zero-order valence-corrected chi connectivity index (χ0v) is 12.7. The van der Waals surface area contributed by atoms with E-state index in [1.807, 2.05) is 0 Å². The molecule has 0 aromatic rings. The molecule has 0 aliphatic carbocycles. The van der Waals surface area contributed by atoms with Crippen LogP contribution in [0.3, 0.4) is 0 Å². The number of likely N-dealkylation sites (tertiary alicyclic amines) is 1. The molecule has 2 unspecified atom stereocenters. The minimum absolute atomic E-state index is 0.216. The third-order valence-corrected chi connectivity index (χ3v) is 3.89. The molecule has 0 amide bonds. The van der Waals surface area contributed by atoms with E-state index in [1.165, 1.54) is 19.4 Å². The molecule has 0 aromatic heterocycles. The Morgan fingerprint density at radius 3 is 2.72 bits per heavy atom. The molecule has 1 aliphatic rings. The summed E-state index contributed by atoms with van der Waals surface area (Å²) in [6.45, 7) is 13.2. The average molecular weight is 256 g/mol. The average Bonchev–Trinajstić information content (AvgIpc) is 2.32. The molecular formula is C15H32N2O. The molecule has 108 valence electrons. The Balaban J connectivity index is 2.25. The quantitative estimate of drug-likeness (QED) is 0.794. The molecule has 3 nitrogen and oxygen atoms in total. The van der Waals surface area contributed by atoms with Gasteiger partial charge in [0, 0.05) is 19.2 Å². The van der Waals surface area contributed by atoms with Crippen molar-refractivity contribution in [3.8, 4) is 0 Å². The van der Waals surface area contributed by atoms with E-state index in [9.17, 15) is 0 Å². The van der Waals surface area contributed by atoms with Gasteiger partial charge >= 0.3 is 0 Å². The maximum Gasteiger partial charge on any atom is 0.0702 e. The predicted octanol–water partition coefficient (Wildman–Crippen LogP) is 2.64. The zero-order chi connectivity index (χ0) is 13.6. The third-order valence-electron chi connectivity index (χ3n) is 3.89. The van der Waals surface area contributed by atoms with Crippen molar-refractivity contribution in [1.29, 1.82) is 0 Å². The van der Waals surface area contributed by atoms with Gasteiger partial charge in [-0.25, -0.2) is 0 Å². The van der Waals surface area contributed by atoms with Gasteiger partial charge in [-0.05, 0) is 44.2 Å². The van der Waals surface area contributed by atoms with Gasteiger partial charge < -0.3 is 15.4 Å². The summed E-state index contributed by atoms with van der Waals surface area (Å²) in [4.78, 5) is 2.52. The van der Waals surface area contributed by atoms with E-state index in [4.69, 9.17) is 10.5 Å². The van der Waals surface area contributed by atoms with Crippen molar-refractivity contribution in [2.24, 2.45) is 11.1 Å². The summed E-state index contributed by atoms with van der Waals surface area (Å²) in [7, 11) is 0. The second kappa shape index (κ2) is 7.46. The monoisotopic (exact) mass is 256 g/mol. The third kappa shape index (κ3) is 5.68. The van der Waals surface area contributed by atoms with Gasteiger partial charge in [0.2, 0.25) is 0 Å². The highest BCUT2D eigenvalue weighted by Gasteiger charge is 2.24. The molecule has 0 saturated carbocycles. The standard InChI is InChI=1S/C15H32N2O/c1-5-11-18-13-7-6-9-17(12-13)10-8-14(16)15(2,3)4/h13-14H,5-12,16H2,1-4H3. The number of ether oxygens (including phenoxy) is 1. The Kier molecular flexibility index (Phi) is 6.61. The number of nitrogens with zero attached hydrogens (tertiary/aromatic N) is 1. The van der Waals surface area contributed by atoms with Crippen molar-refractivity contribution in [2.75, 3.05) is 26.2 Å². The lowest BCUT2D eigenvalue weighted by atomic mass is 9.85. The molecule has 18 heavy (non-hydrogen) atoms. The summed E-state index contributed by atoms with van der Waals surface area (Å²) in [6.07, 6.45) is 5.14. The van der Waals surface area contributed by atoms with Crippen LogP contribution in [0.15, 0.2) is 0 Å². The van der Waals surface area contributed by atoms with Crippen LogP contribution in [0.1, 0.15) is 53.4 Å². The highest BCUT2D eigenvalue weighted by Crippen LogP contribution is 2.21. The van der Waals surface area contributed by atoms with E-state index >= 15 is 0 Å². The molecular weight excluding hydrogens is 224 g/mol. The Morgan fingerprint density at radius 2 is 2.11 bits per heavy atom. The van der Waals surface area contributed by atoms with E-state index in [0.717, 1.165) is 32.5 Å². The Labute approximate surface area is 113 Å². The smallest absolute Gasteiger partial charge is 0.0702 e. The minimum Gasteiger partial charge on any atom is -0.377 e. The normalized spacial score (nSPS) is 24.2. The summed E-state index contributed by atoms with van der Waals surface area (Å²) in [5, 5.41) is 0. The lowest BCUT2D eigenvalue weighted by Crippen LogP contribution is -2.43. The van der Waals surface area contributed by atoms with Crippen molar-refractivity contribution >= 4 is 0 Å². The van der Waals surface area contributed by atoms with E-state index in [0.29, 0.717) is 6.10 Å². The first-order valence-electron chi connectivity index (χ1n) is 7.53. The number of hydrogen-bond donors (Lipinski definition) is 1. The second-order valence-corrected chi connectivity index (χ2v) is 6.70. The number of rotatable bonds is 6. The summed E-state index contributed by atoms with van der Waals surface area (Å²) in [6, 6.07) is 0.287. The van der Waals surface area contributed by atoms with Crippen LogP contribution in [-0.4, -0.2) is 43.3 Å². The number of hydrogen-bond acceptors (Lipinski definition) is 3. The molecule has 0 radical (unpaired) electrons. The van der Waals surface area contributed by atoms with Gasteiger partial charge in [-0.3, -0.25) is 0 Å². The molecule has 0 aromatic carbocycles. The first-order valence-corrected chi connectivity index (χ1v) is 7.53. The lowest BCUT2D eigenvalue weighted by molar-refractivity contribution is -0.00131. The molecule has 1 rings (SSSR count). The lowest BCUT2D eigenvalue weighted by Gasteiger charge is -2.35. The summed E-state index contributed by atoms with van der Waals surface area (Å²) in [5.74, 6) is 0. The van der Waals surface area contributed by atoms with Gasteiger partial charge in [0.1, 0.15) is 0 Å². The van der Waals surface area contributed by atoms with Crippen LogP contribution in [-0.2, 0) is 4.74 Å². The van der Waals surface area contributed by atoms with Crippen LogP contribution in [0, 0.1) is 5.41 Å². The highest BCUT2D eigenvalue weighted by molar-refractivity contribution is 4.80. The van der Waals surface area contributed by atoms with Crippen LogP contribution in [0.5, 0.6) is 0 Å². The SMILES string of the molecule is CCCOC1CCCN(CCC(N)C(C)(C)C)C1. The maximum atomic E-state index is 6.22. The van der Waals surface area contributed by atoms with E-state index < -0.39 is 0 Å². The predicted molar refractivity (Wildman–Crippen MR) is 77.8 cm³/mol. The summed E-state index contributed by atoms with van der Waals surface area (Å²) >= 11 is 0. The van der Waals surface area contributed by atoms with Crippen molar-refractivity contribution in [1.82, 2.24) is 4.90 Å². The van der Waals surface area contributed by atoms with Gasteiger partial charge in [-0.1, -0.05) is 27.7 Å². The first-order chi connectivity index (χ1) is 8.43. The molecule has 3 heteroatoms. The van der Waals surface area contributed by atoms with Crippen molar-refractivity contribution < 1.29 is 4.74 Å². The summed E-state index contributed by atoms with van der Waals surface area (Å²) < 4.78 is 5.86. The molecule has 1 heterocycles. The van der Waals surface area contributed by atoms with Crippen molar-refractivity contribution in [3.63, 3.8) is 0 Å². The molecule has 1 fully saturated rings. The molecule has 1 saturated heterocycles. The highest BCUT2D eigenvalue weighted by atomic mass is 16.5. The Morgan fingerprint density at radius 1 is 1.39 bits per heavy atom. The number of piperidine rings is 1. The largest absolute Gasteiger partial charge is 0.377 e. The molecule has 0 spiro atoms. The van der Waals surface area contributed by atoms with Crippen LogP contribution >= 0.6 is 0 Å². The molecule has 1 aliphatic heterocycles. The van der Waals surface area contributed by atoms with Crippen molar-refractivity contribution in [2.45, 2.75) is 65.5 Å². The van der Waals surface area contributed by atoms with Gasteiger partial charge in [-0.2, -0.15) is 0 Å². The fraction of sp³-hybridized carbons (Fsp3) is 1.00. The van der Waals surface area contributed by atoms with Crippen LogP contribution in [0.25, 0.3) is 0 Å². The van der Waals surface area contributed by atoms with Crippen LogP contribution in [0.2, 0.25) is 0 Å². The van der Waals surface area contributed by atoms with E-state index in [1.54, 1.807) is 0 Å². The minimum atomic E-state index is 0.216. The fourth-order valence-electron chi connectivity index (χ4n) is 2.39. The van der Waals surface area contributed by atoms with Gasteiger partial charge in [0.25, 0.3) is 0 Å². The molecule has 2 N–H and O–H groups in total. The van der Waals surface area contributed by atoms with Gasteiger partial charge in [-0.15, -0.1) is 0 Å².